The van der Waals surface area contributed by atoms with E-state index in [4.69, 9.17) is 0 Å². The zero-order chi connectivity index (χ0) is 9.47. The molecule has 1 unspecified atom stereocenters. The topological polar surface area (TPSA) is 20.3 Å². The molecule has 1 atom stereocenters. The maximum Gasteiger partial charge on any atom is 0.249 e. The first-order chi connectivity index (χ1) is 6.16. The Hall–Kier alpha value is -1.31. The summed E-state index contributed by atoms with van der Waals surface area (Å²) in [4.78, 5) is 13.3. The largest absolute Gasteiger partial charge is 0.341 e. The van der Waals surface area contributed by atoms with Crippen LogP contribution in [0, 0.1) is 5.41 Å². The Morgan fingerprint density at radius 2 is 2.31 bits per heavy atom. The van der Waals surface area contributed by atoms with E-state index >= 15 is 0 Å². The lowest BCUT2D eigenvalue weighted by molar-refractivity contribution is -0.123. The Kier molecular flexibility index (Phi) is 1.65. The van der Waals surface area contributed by atoms with Crippen LogP contribution in [0.25, 0.3) is 0 Å². The summed E-state index contributed by atoms with van der Waals surface area (Å²) in [6.07, 6.45) is 9.11. The van der Waals surface area contributed by atoms with Crippen molar-refractivity contribution < 1.29 is 4.79 Å². The first-order valence-electron chi connectivity index (χ1n) is 4.45. The Morgan fingerprint density at radius 1 is 1.54 bits per heavy atom. The van der Waals surface area contributed by atoms with E-state index in [1.54, 1.807) is 4.90 Å². The van der Waals surface area contributed by atoms with Crippen LogP contribution in [-0.2, 0) is 4.79 Å². The van der Waals surface area contributed by atoms with Gasteiger partial charge < -0.3 is 4.90 Å². The molecule has 0 aromatic rings. The van der Waals surface area contributed by atoms with Crippen molar-refractivity contribution in [1.29, 1.82) is 0 Å². The van der Waals surface area contributed by atoms with E-state index < -0.39 is 0 Å². The minimum Gasteiger partial charge on any atom is -0.341 e. The number of hydrogen-bond acceptors (Lipinski definition) is 1. The smallest absolute Gasteiger partial charge is 0.249 e. The van der Waals surface area contributed by atoms with Gasteiger partial charge in [0, 0.05) is 24.6 Å². The number of likely N-dealkylation sites (tertiary alicyclic amines) is 1. The van der Waals surface area contributed by atoms with Crippen molar-refractivity contribution in [2.75, 3.05) is 13.6 Å². The van der Waals surface area contributed by atoms with Crippen molar-refractivity contribution in [3.05, 3.63) is 36.5 Å². The van der Waals surface area contributed by atoms with Crippen LogP contribution >= 0.6 is 0 Å². The van der Waals surface area contributed by atoms with Crippen LogP contribution in [0.2, 0.25) is 0 Å². The first kappa shape index (κ1) is 8.30. The molecule has 1 spiro atoms. The van der Waals surface area contributed by atoms with Gasteiger partial charge in [0.25, 0.3) is 0 Å². The quantitative estimate of drug-likeness (QED) is 0.511. The molecule has 2 rings (SSSR count). The number of hydrogen-bond donors (Lipinski definition) is 0. The highest BCUT2D eigenvalue weighted by molar-refractivity contribution is 5.97. The van der Waals surface area contributed by atoms with Gasteiger partial charge in [-0.3, -0.25) is 4.79 Å². The summed E-state index contributed by atoms with van der Waals surface area (Å²) in [6.45, 7) is 4.66. The second-order valence-corrected chi connectivity index (χ2v) is 3.79. The lowest BCUT2D eigenvalue weighted by atomic mass is 9.78. The summed E-state index contributed by atoms with van der Waals surface area (Å²) in [6, 6.07) is 0. The summed E-state index contributed by atoms with van der Waals surface area (Å²) >= 11 is 0. The number of amides is 1. The number of rotatable bonds is 0. The summed E-state index contributed by atoms with van der Waals surface area (Å²) in [5.41, 5.74) is 0.622. The fourth-order valence-corrected chi connectivity index (χ4v) is 2.04. The minimum absolute atomic E-state index is 0.0833. The molecule has 1 amide bonds. The normalized spacial score (nSPS) is 32.2. The number of allylic oxidation sites excluding steroid dienone is 3. The molecule has 1 saturated heterocycles. The van der Waals surface area contributed by atoms with Crippen LogP contribution in [0.1, 0.15) is 6.42 Å². The van der Waals surface area contributed by atoms with E-state index in [2.05, 4.69) is 18.7 Å². The van der Waals surface area contributed by atoms with Gasteiger partial charge in [-0.25, -0.2) is 0 Å². The second-order valence-electron chi connectivity index (χ2n) is 3.79. The fraction of sp³-hybridized carbons (Fsp3) is 0.364. The highest BCUT2D eigenvalue weighted by Gasteiger charge is 2.43. The van der Waals surface area contributed by atoms with Crippen LogP contribution in [-0.4, -0.2) is 24.4 Å². The Bertz CT molecular complexity index is 327. The third kappa shape index (κ3) is 1.05. The van der Waals surface area contributed by atoms with Gasteiger partial charge in [0.15, 0.2) is 0 Å². The first-order valence-corrected chi connectivity index (χ1v) is 4.45. The standard InChI is InChI=1S/C11H13NO/c1-9-10(13)12(2)8-11(9)6-4-3-5-7-11/h3-6H,1,7-8H2,2H3. The molecular weight excluding hydrogens is 162 g/mol. The molecule has 2 aliphatic rings. The maximum absolute atomic E-state index is 11.5. The van der Waals surface area contributed by atoms with Gasteiger partial charge >= 0.3 is 0 Å². The molecule has 1 aliphatic carbocycles. The van der Waals surface area contributed by atoms with E-state index in [9.17, 15) is 4.79 Å². The monoisotopic (exact) mass is 175 g/mol. The SMILES string of the molecule is C=C1C(=O)N(C)CC12C=CC=CC2. The highest BCUT2D eigenvalue weighted by atomic mass is 16.2. The van der Waals surface area contributed by atoms with Gasteiger partial charge in [0.05, 0.1) is 0 Å². The third-order valence-electron chi connectivity index (χ3n) is 2.87. The molecule has 0 aromatic carbocycles. The zero-order valence-electron chi connectivity index (χ0n) is 7.79. The molecule has 1 aliphatic heterocycles. The van der Waals surface area contributed by atoms with Gasteiger partial charge in [-0.15, -0.1) is 0 Å². The number of carbonyl (C=O) groups is 1. The van der Waals surface area contributed by atoms with Gasteiger partial charge in [0.1, 0.15) is 0 Å². The molecular formula is C11H13NO. The molecule has 1 heterocycles. The van der Waals surface area contributed by atoms with Gasteiger partial charge in [0.2, 0.25) is 5.91 Å². The molecule has 0 radical (unpaired) electrons. The van der Waals surface area contributed by atoms with Crippen molar-refractivity contribution >= 4 is 5.91 Å². The van der Waals surface area contributed by atoms with E-state index in [0.717, 1.165) is 18.5 Å². The number of nitrogens with zero attached hydrogens (tertiary/aromatic N) is 1. The van der Waals surface area contributed by atoms with Crippen molar-refractivity contribution in [1.82, 2.24) is 4.90 Å². The van der Waals surface area contributed by atoms with E-state index in [1.807, 2.05) is 19.2 Å². The van der Waals surface area contributed by atoms with E-state index in [1.165, 1.54) is 0 Å². The Balaban J connectivity index is 2.36. The van der Waals surface area contributed by atoms with Crippen LogP contribution in [0.5, 0.6) is 0 Å². The molecule has 2 heteroatoms. The van der Waals surface area contributed by atoms with Gasteiger partial charge in [-0.1, -0.05) is 30.9 Å². The minimum atomic E-state index is -0.111. The maximum atomic E-state index is 11.5. The number of likely N-dealkylation sites (N-methyl/N-ethyl adjacent to an activating group) is 1. The van der Waals surface area contributed by atoms with Crippen molar-refractivity contribution in [3.8, 4) is 0 Å². The van der Waals surface area contributed by atoms with Crippen LogP contribution < -0.4 is 0 Å². The molecule has 1 fully saturated rings. The third-order valence-corrected chi connectivity index (χ3v) is 2.87. The molecule has 2 nitrogen and oxygen atoms in total. The lowest BCUT2D eigenvalue weighted by Gasteiger charge is -2.25. The van der Waals surface area contributed by atoms with E-state index in [-0.39, 0.29) is 11.3 Å². The summed E-state index contributed by atoms with van der Waals surface area (Å²) in [5.74, 6) is 0.0833. The van der Waals surface area contributed by atoms with E-state index in [0.29, 0.717) is 0 Å². The highest BCUT2D eigenvalue weighted by Crippen LogP contribution is 2.41. The molecule has 0 saturated carbocycles. The van der Waals surface area contributed by atoms with Crippen molar-refractivity contribution in [3.63, 3.8) is 0 Å². The second kappa shape index (κ2) is 2.59. The van der Waals surface area contributed by atoms with Gasteiger partial charge in [-0.05, 0) is 6.42 Å². The average Bonchev–Trinajstić information content (AvgIpc) is 2.33. The molecule has 0 bridgehead atoms. The van der Waals surface area contributed by atoms with Crippen LogP contribution in [0.3, 0.4) is 0 Å². The Labute approximate surface area is 78.2 Å². The zero-order valence-corrected chi connectivity index (χ0v) is 7.79. The van der Waals surface area contributed by atoms with Crippen molar-refractivity contribution in [2.45, 2.75) is 6.42 Å². The van der Waals surface area contributed by atoms with Gasteiger partial charge in [-0.2, -0.15) is 0 Å². The Morgan fingerprint density at radius 3 is 2.77 bits per heavy atom. The molecule has 68 valence electrons. The molecule has 0 aromatic heterocycles. The van der Waals surface area contributed by atoms with Crippen LogP contribution in [0.4, 0.5) is 0 Å². The predicted octanol–water partition coefficient (Wildman–Crippen LogP) is 1.52. The van der Waals surface area contributed by atoms with Crippen LogP contribution in [0.15, 0.2) is 36.5 Å². The molecule has 13 heavy (non-hydrogen) atoms. The fourth-order valence-electron chi connectivity index (χ4n) is 2.04. The summed E-state index contributed by atoms with van der Waals surface area (Å²) < 4.78 is 0. The number of carbonyl (C=O) groups excluding carboxylic acids is 1. The predicted molar refractivity (Wildman–Crippen MR) is 52.1 cm³/mol. The summed E-state index contributed by atoms with van der Waals surface area (Å²) in [5, 5.41) is 0. The average molecular weight is 175 g/mol. The van der Waals surface area contributed by atoms with Crippen molar-refractivity contribution in [2.24, 2.45) is 5.41 Å². The summed E-state index contributed by atoms with van der Waals surface area (Å²) in [7, 11) is 1.83. The molecule has 0 N–H and O–H groups in total. The lowest BCUT2D eigenvalue weighted by Crippen LogP contribution is -2.24.